The molecule has 0 saturated carbocycles. The summed E-state index contributed by atoms with van der Waals surface area (Å²) in [6, 6.07) is 10.8. The van der Waals surface area contributed by atoms with E-state index in [9.17, 15) is 0 Å². The van der Waals surface area contributed by atoms with Crippen molar-refractivity contribution in [3.8, 4) is 11.8 Å². The zero-order valence-corrected chi connectivity index (χ0v) is 13.2. The van der Waals surface area contributed by atoms with Crippen LogP contribution >= 0.6 is 0 Å². The largest absolute Gasteiger partial charge is 0.492 e. The lowest BCUT2D eigenvalue weighted by molar-refractivity contribution is 0.0571. The highest BCUT2D eigenvalue weighted by Gasteiger charge is 2.25. The number of nitrogens with zero attached hydrogens (tertiary/aromatic N) is 3. The van der Waals surface area contributed by atoms with Gasteiger partial charge in [-0.3, -0.25) is 4.90 Å². The van der Waals surface area contributed by atoms with Gasteiger partial charge in [0.05, 0.1) is 12.2 Å². The molecular formula is C17H25N3O. The summed E-state index contributed by atoms with van der Waals surface area (Å²) in [7, 11) is 2.20. The lowest BCUT2D eigenvalue weighted by atomic mass is 10.1. The fourth-order valence-electron chi connectivity index (χ4n) is 2.85. The Balaban J connectivity index is 1.74. The Hall–Kier alpha value is -1.57. The van der Waals surface area contributed by atoms with Crippen LogP contribution in [0.25, 0.3) is 0 Å². The monoisotopic (exact) mass is 287 g/mol. The molecule has 1 aromatic rings. The summed E-state index contributed by atoms with van der Waals surface area (Å²) in [5, 5.41) is 9.02. The van der Waals surface area contributed by atoms with Crippen LogP contribution in [0.5, 0.6) is 5.75 Å². The molecule has 2 rings (SSSR count). The minimum absolute atomic E-state index is 0.606. The molecule has 0 amide bonds. The SMILES string of the molecule is CC1CN(CCCOc2ccccc2C#N)CC(C)N1C. The van der Waals surface area contributed by atoms with E-state index in [1.165, 1.54) is 0 Å². The molecule has 4 heteroatoms. The Morgan fingerprint density at radius 3 is 2.57 bits per heavy atom. The first-order valence-corrected chi connectivity index (χ1v) is 7.68. The van der Waals surface area contributed by atoms with E-state index in [4.69, 9.17) is 10.00 Å². The first-order valence-electron chi connectivity index (χ1n) is 7.68. The third kappa shape index (κ3) is 4.20. The van der Waals surface area contributed by atoms with Crippen molar-refractivity contribution in [2.75, 3.05) is 33.3 Å². The van der Waals surface area contributed by atoms with Crippen molar-refractivity contribution < 1.29 is 4.74 Å². The van der Waals surface area contributed by atoms with E-state index in [2.05, 4.69) is 36.8 Å². The Kier molecular flexibility index (Phi) is 5.60. The number of hydrogen-bond donors (Lipinski definition) is 0. The predicted molar refractivity (Wildman–Crippen MR) is 84.4 cm³/mol. The summed E-state index contributed by atoms with van der Waals surface area (Å²) in [6.07, 6.45) is 0.989. The number of rotatable bonds is 5. The highest BCUT2D eigenvalue weighted by molar-refractivity contribution is 5.42. The smallest absolute Gasteiger partial charge is 0.137 e. The topological polar surface area (TPSA) is 39.5 Å². The number of para-hydroxylation sites is 1. The molecule has 1 aromatic carbocycles. The molecule has 1 fully saturated rings. The number of piperazine rings is 1. The Bertz CT molecular complexity index is 485. The Labute approximate surface area is 127 Å². The third-order valence-electron chi connectivity index (χ3n) is 4.32. The summed E-state index contributed by atoms with van der Waals surface area (Å²) >= 11 is 0. The molecule has 4 nitrogen and oxygen atoms in total. The summed E-state index contributed by atoms with van der Waals surface area (Å²) in [4.78, 5) is 4.95. The van der Waals surface area contributed by atoms with Crippen LogP contribution in [0.2, 0.25) is 0 Å². The van der Waals surface area contributed by atoms with Gasteiger partial charge in [0.1, 0.15) is 11.8 Å². The van der Waals surface area contributed by atoms with Crippen LogP contribution in [0.4, 0.5) is 0 Å². The van der Waals surface area contributed by atoms with Gasteiger partial charge in [-0.05, 0) is 39.4 Å². The second-order valence-corrected chi connectivity index (χ2v) is 5.93. The molecule has 2 atom stereocenters. The van der Waals surface area contributed by atoms with Crippen molar-refractivity contribution in [1.82, 2.24) is 9.80 Å². The van der Waals surface area contributed by atoms with Gasteiger partial charge < -0.3 is 9.64 Å². The summed E-state index contributed by atoms with van der Waals surface area (Å²) in [6.45, 7) is 8.51. The van der Waals surface area contributed by atoms with E-state index in [1.807, 2.05) is 18.2 Å². The van der Waals surface area contributed by atoms with Crippen LogP contribution in [-0.2, 0) is 0 Å². The first-order chi connectivity index (χ1) is 10.1. The van der Waals surface area contributed by atoms with Gasteiger partial charge in [0.2, 0.25) is 0 Å². The van der Waals surface area contributed by atoms with Gasteiger partial charge in [0.15, 0.2) is 0 Å². The molecule has 0 aromatic heterocycles. The fraction of sp³-hybridized carbons (Fsp3) is 0.588. The lowest BCUT2D eigenvalue weighted by Gasteiger charge is -2.42. The van der Waals surface area contributed by atoms with Crippen molar-refractivity contribution in [1.29, 1.82) is 5.26 Å². The molecule has 0 aliphatic carbocycles. The average Bonchev–Trinajstić information content (AvgIpc) is 2.49. The molecule has 1 aliphatic heterocycles. The van der Waals surface area contributed by atoms with Crippen molar-refractivity contribution in [2.45, 2.75) is 32.4 Å². The van der Waals surface area contributed by atoms with Crippen LogP contribution in [0.15, 0.2) is 24.3 Å². The molecule has 1 heterocycles. The van der Waals surface area contributed by atoms with E-state index in [1.54, 1.807) is 6.07 Å². The van der Waals surface area contributed by atoms with Crippen LogP contribution in [0, 0.1) is 11.3 Å². The third-order valence-corrected chi connectivity index (χ3v) is 4.32. The molecule has 0 N–H and O–H groups in total. The Morgan fingerprint density at radius 1 is 1.24 bits per heavy atom. The van der Waals surface area contributed by atoms with Crippen molar-refractivity contribution in [2.24, 2.45) is 0 Å². The summed E-state index contributed by atoms with van der Waals surface area (Å²) < 4.78 is 5.73. The number of hydrogen-bond acceptors (Lipinski definition) is 4. The average molecular weight is 287 g/mol. The summed E-state index contributed by atoms with van der Waals surface area (Å²) in [5.41, 5.74) is 0.611. The predicted octanol–water partition coefficient (Wildman–Crippen LogP) is 2.35. The zero-order chi connectivity index (χ0) is 15.2. The van der Waals surface area contributed by atoms with Crippen LogP contribution in [0.1, 0.15) is 25.8 Å². The highest BCUT2D eigenvalue weighted by Crippen LogP contribution is 2.17. The van der Waals surface area contributed by atoms with Gasteiger partial charge in [-0.25, -0.2) is 0 Å². The first kappa shape index (κ1) is 15.8. The van der Waals surface area contributed by atoms with Gasteiger partial charge in [0.25, 0.3) is 0 Å². The molecule has 114 valence electrons. The molecular weight excluding hydrogens is 262 g/mol. The molecule has 0 radical (unpaired) electrons. The summed E-state index contributed by atoms with van der Waals surface area (Å²) in [5.74, 6) is 0.695. The number of nitriles is 1. The number of benzene rings is 1. The van der Waals surface area contributed by atoms with Crippen LogP contribution in [0.3, 0.4) is 0 Å². The quantitative estimate of drug-likeness (QED) is 0.779. The van der Waals surface area contributed by atoms with E-state index in [0.29, 0.717) is 30.0 Å². The fourth-order valence-corrected chi connectivity index (χ4v) is 2.85. The molecule has 2 unspecified atom stereocenters. The minimum Gasteiger partial charge on any atom is -0.492 e. The van der Waals surface area contributed by atoms with Gasteiger partial charge in [0, 0.05) is 31.7 Å². The van der Waals surface area contributed by atoms with Gasteiger partial charge >= 0.3 is 0 Å². The van der Waals surface area contributed by atoms with Crippen molar-refractivity contribution in [3.05, 3.63) is 29.8 Å². The molecule has 21 heavy (non-hydrogen) atoms. The highest BCUT2D eigenvalue weighted by atomic mass is 16.5. The molecule has 0 spiro atoms. The van der Waals surface area contributed by atoms with Crippen molar-refractivity contribution in [3.63, 3.8) is 0 Å². The molecule has 1 aliphatic rings. The maximum atomic E-state index is 9.02. The van der Waals surface area contributed by atoms with Gasteiger partial charge in [-0.15, -0.1) is 0 Å². The maximum Gasteiger partial charge on any atom is 0.137 e. The van der Waals surface area contributed by atoms with E-state index in [-0.39, 0.29) is 0 Å². The molecule has 1 saturated heterocycles. The van der Waals surface area contributed by atoms with E-state index in [0.717, 1.165) is 26.1 Å². The van der Waals surface area contributed by atoms with Crippen molar-refractivity contribution >= 4 is 0 Å². The Morgan fingerprint density at radius 2 is 1.90 bits per heavy atom. The van der Waals surface area contributed by atoms with Crippen LogP contribution in [-0.4, -0.2) is 55.2 Å². The number of likely N-dealkylation sites (N-methyl/N-ethyl adjacent to an activating group) is 1. The number of ether oxygens (including phenoxy) is 1. The zero-order valence-electron chi connectivity index (χ0n) is 13.2. The standard InChI is InChI=1S/C17H25N3O/c1-14-12-20(13-15(2)19(14)3)9-6-10-21-17-8-5-4-7-16(17)11-18/h4-5,7-8,14-15H,6,9-10,12-13H2,1-3H3. The normalized spacial score (nSPS) is 23.7. The van der Waals surface area contributed by atoms with E-state index >= 15 is 0 Å². The second-order valence-electron chi connectivity index (χ2n) is 5.93. The minimum atomic E-state index is 0.606. The van der Waals surface area contributed by atoms with Gasteiger partial charge in [-0.1, -0.05) is 12.1 Å². The second kappa shape index (κ2) is 7.44. The van der Waals surface area contributed by atoms with E-state index < -0.39 is 0 Å². The maximum absolute atomic E-state index is 9.02. The lowest BCUT2D eigenvalue weighted by Crippen LogP contribution is -2.55. The van der Waals surface area contributed by atoms with Gasteiger partial charge in [-0.2, -0.15) is 5.26 Å². The van der Waals surface area contributed by atoms with Crippen LogP contribution < -0.4 is 4.74 Å². The molecule has 0 bridgehead atoms.